The van der Waals surface area contributed by atoms with E-state index in [-0.39, 0.29) is 85.2 Å². The van der Waals surface area contributed by atoms with Crippen LogP contribution in [-0.4, -0.2) is 91.3 Å². The highest BCUT2D eigenvalue weighted by Crippen LogP contribution is 2.67. The van der Waals surface area contributed by atoms with Gasteiger partial charge in [0, 0.05) is 13.3 Å². The highest BCUT2D eigenvalue weighted by atomic mass is 127. The summed E-state index contributed by atoms with van der Waals surface area (Å²) in [5.74, 6) is 3.30. The van der Waals surface area contributed by atoms with E-state index in [9.17, 15) is 24.6 Å². The number of likely N-dealkylation sites (N-methyl/N-ethyl adjacent to an activating group) is 1. The van der Waals surface area contributed by atoms with Crippen molar-refractivity contribution in [3.05, 3.63) is 11.6 Å². The fourth-order valence-electron chi connectivity index (χ4n) is 11.1. The molecular weight excluding hydrogens is 761 g/mol. The Balaban J connectivity index is 0.00000702. The van der Waals surface area contributed by atoms with Crippen LogP contribution in [-0.2, 0) is 28.6 Å². The molecule has 10 heteroatoms. The van der Waals surface area contributed by atoms with E-state index in [2.05, 4.69) is 40.7 Å². The highest BCUT2D eigenvalue weighted by molar-refractivity contribution is 5.77. The van der Waals surface area contributed by atoms with E-state index in [1.54, 1.807) is 0 Å². The number of esters is 3. The molecule has 0 aromatic carbocycles. The molecule has 3 saturated carbocycles. The van der Waals surface area contributed by atoms with Crippen molar-refractivity contribution in [2.75, 3.05) is 46.5 Å². The fourth-order valence-corrected chi connectivity index (χ4v) is 11.1. The third-order valence-corrected chi connectivity index (χ3v) is 13.8. The normalized spacial score (nSPS) is 31.3. The Kier molecular flexibility index (Phi) is 16.8. The number of aliphatic hydroxyl groups is 2. The molecule has 0 aromatic rings. The van der Waals surface area contributed by atoms with Gasteiger partial charge >= 0.3 is 17.9 Å². The first-order chi connectivity index (χ1) is 23.6. The smallest absolute Gasteiger partial charge is 0.306 e. The van der Waals surface area contributed by atoms with E-state index < -0.39 is 18.0 Å². The van der Waals surface area contributed by atoms with E-state index >= 15 is 0 Å². The largest absolute Gasteiger partial charge is 1.00 e. The van der Waals surface area contributed by atoms with Crippen LogP contribution >= 0.6 is 0 Å². The van der Waals surface area contributed by atoms with Crippen molar-refractivity contribution in [1.29, 1.82) is 0 Å². The van der Waals surface area contributed by atoms with Gasteiger partial charge in [-0.15, -0.1) is 0 Å². The summed E-state index contributed by atoms with van der Waals surface area (Å²) in [5, 5.41) is 18.9. The molecule has 3 fully saturated rings. The minimum absolute atomic E-state index is 0. The quantitative estimate of drug-likeness (QED) is 0.0708. The van der Waals surface area contributed by atoms with Gasteiger partial charge < -0.3 is 52.9 Å². The summed E-state index contributed by atoms with van der Waals surface area (Å²) in [6.45, 7) is 14.3. The summed E-state index contributed by atoms with van der Waals surface area (Å²) < 4.78 is 17.0. The Labute approximate surface area is 325 Å². The molecule has 294 valence electrons. The molecule has 4 aliphatic rings. The molecule has 9 atom stereocenters. The van der Waals surface area contributed by atoms with Crippen LogP contribution in [0, 0.1) is 46.3 Å². The van der Waals surface area contributed by atoms with Crippen molar-refractivity contribution < 1.29 is 67.3 Å². The van der Waals surface area contributed by atoms with Crippen molar-refractivity contribution in [3.63, 3.8) is 0 Å². The van der Waals surface area contributed by atoms with Crippen LogP contribution in [0.4, 0.5) is 0 Å². The maximum absolute atomic E-state index is 12.9. The number of hydrogen-bond acceptors (Lipinski definition) is 8. The first-order valence-corrected chi connectivity index (χ1v) is 19.9. The van der Waals surface area contributed by atoms with Crippen molar-refractivity contribution in [2.45, 2.75) is 137 Å². The van der Waals surface area contributed by atoms with E-state index in [4.69, 9.17) is 14.2 Å². The van der Waals surface area contributed by atoms with Gasteiger partial charge in [0.2, 0.25) is 0 Å². The van der Waals surface area contributed by atoms with Gasteiger partial charge in [-0.1, -0.05) is 65.5 Å². The van der Waals surface area contributed by atoms with Crippen molar-refractivity contribution >= 4 is 17.9 Å². The zero-order valence-electron chi connectivity index (χ0n) is 32.8. The maximum atomic E-state index is 12.9. The molecule has 4 aliphatic carbocycles. The minimum Gasteiger partial charge on any atom is -1.00 e. The van der Waals surface area contributed by atoms with Gasteiger partial charge in [-0.2, -0.15) is 0 Å². The number of fused-ring (bicyclic) bond motifs is 5. The number of carbonyl (C=O) groups excluding carboxylic acids is 3. The second-order valence-electron chi connectivity index (χ2n) is 17.8. The molecule has 4 rings (SSSR count). The summed E-state index contributed by atoms with van der Waals surface area (Å²) in [7, 11) is 1.84. The third-order valence-electron chi connectivity index (χ3n) is 13.8. The summed E-state index contributed by atoms with van der Waals surface area (Å²) in [6.07, 6.45) is 14.8. The number of allylic oxidation sites excluding steroid dienone is 1. The lowest BCUT2D eigenvalue weighted by Gasteiger charge is -2.58. The number of aliphatic hydroxyl groups excluding tert-OH is 2. The van der Waals surface area contributed by atoms with Crippen LogP contribution in [0.5, 0.6) is 0 Å². The average Bonchev–Trinajstić information content (AvgIpc) is 3.40. The topological polar surface area (TPSA) is 119 Å². The molecule has 0 radical (unpaired) electrons. The van der Waals surface area contributed by atoms with Gasteiger partial charge in [-0.05, 0) is 91.3 Å². The Hall–Kier alpha value is -1.24. The number of rotatable bonds is 18. The highest BCUT2D eigenvalue weighted by Gasteiger charge is 2.59. The molecule has 0 heterocycles. The van der Waals surface area contributed by atoms with Crippen LogP contribution < -0.4 is 24.0 Å². The fraction of sp³-hybridized carbons (Fsp3) is 0.878. The molecule has 0 aliphatic heterocycles. The van der Waals surface area contributed by atoms with Gasteiger partial charge in [0.25, 0.3) is 0 Å². The predicted octanol–water partition coefficient (Wildman–Crippen LogP) is 3.63. The van der Waals surface area contributed by atoms with Crippen molar-refractivity contribution in [3.8, 4) is 0 Å². The van der Waals surface area contributed by atoms with Crippen LogP contribution in [0.15, 0.2) is 11.6 Å². The third kappa shape index (κ3) is 11.2. The number of carbonyl (C=O) groups is 3. The molecule has 0 spiro atoms. The zero-order chi connectivity index (χ0) is 36.7. The van der Waals surface area contributed by atoms with Gasteiger partial charge in [0.05, 0.1) is 33.1 Å². The molecule has 0 saturated heterocycles. The SMILES string of the molecule is CC(=O)OC(COC(=O)CCC(=O)O[C@H]1CC[C@@]2(C)C(=CC[C@H]3[C@@H]4CC[C@H]([C@H](C)CCCC(C)C)[C@@]4(C)CC[C@@H]32)C1)C[N+](C)(CCO)CCO.[I-]. The number of halogens is 1. The van der Waals surface area contributed by atoms with Crippen LogP contribution in [0.3, 0.4) is 0 Å². The summed E-state index contributed by atoms with van der Waals surface area (Å²) in [6, 6.07) is 0. The number of ether oxygens (including phenoxy) is 3. The molecule has 51 heavy (non-hydrogen) atoms. The second-order valence-corrected chi connectivity index (χ2v) is 17.8. The number of quaternary nitrogens is 1. The van der Waals surface area contributed by atoms with Crippen molar-refractivity contribution in [1.82, 2.24) is 0 Å². The van der Waals surface area contributed by atoms with Crippen LogP contribution in [0.25, 0.3) is 0 Å². The molecular formula is C41H70INO8. The summed E-state index contributed by atoms with van der Waals surface area (Å²) in [5.41, 5.74) is 2.13. The monoisotopic (exact) mass is 831 g/mol. The molecule has 0 aromatic heterocycles. The second kappa shape index (κ2) is 19.4. The summed E-state index contributed by atoms with van der Waals surface area (Å²) in [4.78, 5) is 37.1. The van der Waals surface area contributed by atoms with Gasteiger partial charge in [0.15, 0.2) is 6.10 Å². The van der Waals surface area contributed by atoms with Gasteiger partial charge in [-0.3, -0.25) is 14.4 Å². The van der Waals surface area contributed by atoms with E-state index in [1.807, 2.05) is 7.05 Å². The predicted molar refractivity (Wildman–Crippen MR) is 194 cm³/mol. The lowest BCUT2D eigenvalue weighted by atomic mass is 9.47. The summed E-state index contributed by atoms with van der Waals surface area (Å²) >= 11 is 0. The van der Waals surface area contributed by atoms with Gasteiger partial charge in [-0.25, -0.2) is 0 Å². The van der Waals surface area contributed by atoms with E-state index in [1.165, 1.54) is 57.4 Å². The Bertz CT molecular complexity index is 1190. The molecule has 2 N–H and O–H groups in total. The standard InChI is InChI=1S/C41H70NO8.HI/c1-28(2)9-8-10-29(3)35-13-14-36-34-12-11-31-25-32(17-19-40(31,5)37(34)18-20-41(35,36)6)50-39(47)16-15-38(46)48-27-33(49-30(4)45)26-42(7,21-23-43)22-24-44;/h11,28-29,32-37,43-44H,8-10,12-27H2,1-7H3;1H/q+1;/p-1/t29-,32+,33?,34+,35-,36+,37+,40+,41-;/m1./s1. The lowest BCUT2D eigenvalue weighted by molar-refractivity contribution is -0.912. The zero-order valence-corrected chi connectivity index (χ0v) is 35.0. The van der Waals surface area contributed by atoms with E-state index in [0.717, 1.165) is 55.3 Å². The Morgan fingerprint density at radius 2 is 1.63 bits per heavy atom. The Morgan fingerprint density at radius 3 is 2.27 bits per heavy atom. The van der Waals surface area contributed by atoms with Crippen LogP contribution in [0.1, 0.15) is 125 Å². The Morgan fingerprint density at radius 1 is 0.941 bits per heavy atom. The van der Waals surface area contributed by atoms with Crippen molar-refractivity contribution in [2.24, 2.45) is 46.3 Å². The molecule has 0 amide bonds. The first kappa shape index (κ1) is 44.2. The first-order valence-electron chi connectivity index (χ1n) is 19.9. The minimum atomic E-state index is -0.734. The van der Waals surface area contributed by atoms with Gasteiger partial charge in [0.1, 0.15) is 32.3 Å². The molecule has 0 bridgehead atoms. The molecule has 9 nitrogen and oxygen atoms in total. The number of hydrogen-bond donors (Lipinski definition) is 2. The average molecular weight is 832 g/mol. The maximum Gasteiger partial charge on any atom is 0.306 e. The van der Waals surface area contributed by atoms with Crippen LogP contribution in [0.2, 0.25) is 0 Å². The van der Waals surface area contributed by atoms with E-state index in [0.29, 0.717) is 24.4 Å². The lowest BCUT2D eigenvalue weighted by Crippen LogP contribution is -3.00. The molecule has 1 unspecified atom stereocenters. The number of nitrogens with zero attached hydrogens (tertiary/aromatic N) is 1.